The molecule has 1 aromatic rings. The third-order valence-electron chi connectivity index (χ3n) is 3.77. The fourth-order valence-corrected chi connectivity index (χ4v) is 2.66. The standard InChI is InChI=1S/C15H16Cl2N2O2/c1-15(2)10(8-11(16)17)12(15)14(20)21-19-13(18)9-6-4-3-5-7-9/h3-8,10,12H,1-2H3,(H2,18,19)/t10-,12-/m1/s1. The Morgan fingerprint density at radius 2 is 1.95 bits per heavy atom. The Morgan fingerprint density at radius 1 is 1.33 bits per heavy atom. The number of halogens is 2. The van der Waals surface area contributed by atoms with Gasteiger partial charge in [0, 0.05) is 5.56 Å². The summed E-state index contributed by atoms with van der Waals surface area (Å²) in [7, 11) is 0. The van der Waals surface area contributed by atoms with E-state index in [1.54, 1.807) is 18.2 Å². The van der Waals surface area contributed by atoms with E-state index in [4.69, 9.17) is 33.8 Å². The monoisotopic (exact) mass is 326 g/mol. The Kier molecular flexibility index (Phi) is 4.59. The molecule has 0 saturated heterocycles. The van der Waals surface area contributed by atoms with E-state index in [1.165, 1.54) is 0 Å². The van der Waals surface area contributed by atoms with Crippen LogP contribution in [0.5, 0.6) is 0 Å². The minimum Gasteiger partial charge on any atom is -0.380 e. The van der Waals surface area contributed by atoms with E-state index in [2.05, 4.69) is 5.16 Å². The average molecular weight is 327 g/mol. The van der Waals surface area contributed by atoms with Gasteiger partial charge in [0.2, 0.25) is 0 Å². The first-order chi connectivity index (χ1) is 9.84. The van der Waals surface area contributed by atoms with Crippen molar-refractivity contribution in [2.45, 2.75) is 13.8 Å². The van der Waals surface area contributed by atoms with Crippen LogP contribution in [0.3, 0.4) is 0 Å². The zero-order valence-corrected chi connectivity index (χ0v) is 13.2. The SMILES string of the molecule is CC1(C)[C@H](C=C(Cl)Cl)[C@@H]1C(=O)O/N=C(/N)c1ccccc1. The van der Waals surface area contributed by atoms with E-state index in [0.717, 1.165) is 0 Å². The van der Waals surface area contributed by atoms with Gasteiger partial charge in [-0.1, -0.05) is 72.5 Å². The molecule has 0 heterocycles. The third-order valence-corrected chi connectivity index (χ3v) is 4.03. The first-order valence-corrected chi connectivity index (χ1v) is 7.22. The zero-order valence-electron chi connectivity index (χ0n) is 11.7. The molecular weight excluding hydrogens is 311 g/mol. The normalized spacial score (nSPS) is 23.3. The smallest absolute Gasteiger partial charge is 0.339 e. The number of amidine groups is 1. The summed E-state index contributed by atoms with van der Waals surface area (Å²) in [5.74, 6) is -0.653. The number of hydrogen-bond acceptors (Lipinski definition) is 3. The van der Waals surface area contributed by atoms with E-state index in [-0.39, 0.29) is 27.6 Å². The lowest BCUT2D eigenvalue weighted by molar-refractivity contribution is -0.146. The van der Waals surface area contributed by atoms with Crippen LogP contribution < -0.4 is 5.73 Å². The van der Waals surface area contributed by atoms with Gasteiger partial charge >= 0.3 is 5.97 Å². The van der Waals surface area contributed by atoms with E-state index < -0.39 is 5.97 Å². The van der Waals surface area contributed by atoms with Crippen molar-refractivity contribution in [1.29, 1.82) is 0 Å². The van der Waals surface area contributed by atoms with Crippen molar-refractivity contribution < 1.29 is 9.63 Å². The lowest BCUT2D eigenvalue weighted by Crippen LogP contribution is -2.16. The molecule has 0 unspecified atom stereocenters. The highest BCUT2D eigenvalue weighted by Gasteiger charge is 2.62. The Balaban J connectivity index is 2.02. The number of nitrogens with zero attached hydrogens (tertiary/aromatic N) is 1. The van der Waals surface area contributed by atoms with Crippen LogP contribution in [0.1, 0.15) is 19.4 Å². The van der Waals surface area contributed by atoms with Gasteiger partial charge in [-0.3, -0.25) is 0 Å². The number of rotatable bonds is 4. The van der Waals surface area contributed by atoms with Crippen LogP contribution in [0, 0.1) is 17.3 Å². The molecule has 1 aliphatic rings. The summed E-state index contributed by atoms with van der Waals surface area (Å²) >= 11 is 11.3. The van der Waals surface area contributed by atoms with Gasteiger partial charge in [-0.25, -0.2) is 4.79 Å². The summed E-state index contributed by atoms with van der Waals surface area (Å²) < 4.78 is 0.149. The van der Waals surface area contributed by atoms with Crippen molar-refractivity contribution in [3.05, 3.63) is 46.5 Å². The Labute approximate surface area is 133 Å². The van der Waals surface area contributed by atoms with Crippen LogP contribution in [-0.4, -0.2) is 11.8 Å². The summed E-state index contributed by atoms with van der Waals surface area (Å²) in [6, 6.07) is 9.08. The summed E-state index contributed by atoms with van der Waals surface area (Å²) in [5.41, 5.74) is 6.21. The minimum absolute atomic E-state index is 0.0526. The first-order valence-electron chi connectivity index (χ1n) is 6.46. The first kappa shape index (κ1) is 15.9. The lowest BCUT2D eigenvalue weighted by Gasteiger charge is -2.02. The number of oxime groups is 1. The lowest BCUT2D eigenvalue weighted by atomic mass is 10.1. The van der Waals surface area contributed by atoms with Crippen LogP contribution in [0.25, 0.3) is 0 Å². The maximum absolute atomic E-state index is 12.0. The van der Waals surface area contributed by atoms with Crippen molar-refractivity contribution in [3.8, 4) is 0 Å². The molecule has 0 amide bonds. The molecule has 0 bridgehead atoms. The second-order valence-corrected chi connectivity index (χ2v) is 6.54. The summed E-state index contributed by atoms with van der Waals surface area (Å²) in [4.78, 5) is 17.0. The maximum atomic E-state index is 12.0. The van der Waals surface area contributed by atoms with Crippen molar-refractivity contribution >= 4 is 35.0 Å². The van der Waals surface area contributed by atoms with Crippen molar-refractivity contribution in [3.63, 3.8) is 0 Å². The number of carbonyl (C=O) groups excluding carboxylic acids is 1. The third kappa shape index (κ3) is 3.57. The predicted molar refractivity (Wildman–Crippen MR) is 83.8 cm³/mol. The Bertz CT molecular complexity index is 593. The highest BCUT2D eigenvalue weighted by atomic mass is 35.5. The quantitative estimate of drug-likeness (QED) is 0.399. The highest BCUT2D eigenvalue weighted by molar-refractivity contribution is 6.55. The van der Waals surface area contributed by atoms with Gasteiger partial charge in [0.05, 0.1) is 5.92 Å². The number of hydrogen-bond donors (Lipinski definition) is 1. The fraction of sp³-hybridized carbons (Fsp3) is 0.333. The maximum Gasteiger partial charge on any atom is 0.339 e. The molecule has 21 heavy (non-hydrogen) atoms. The van der Waals surface area contributed by atoms with E-state index in [0.29, 0.717) is 5.56 Å². The van der Waals surface area contributed by atoms with Gasteiger partial charge in [-0.2, -0.15) is 0 Å². The van der Waals surface area contributed by atoms with Gasteiger partial charge in [-0.05, 0) is 17.4 Å². The average Bonchev–Trinajstić information content (AvgIpc) is 2.97. The molecule has 4 nitrogen and oxygen atoms in total. The molecule has 2 N–H and O–H groups in total. The fourth-order valence-electron chi connectivity index (χ4n) is 2.39. The Morgan fingerprint density at radius 3 is 2.52 bits per heavy atom. The summed E-state index contributed by atoms with van der Waals surface area (Å²) in [5, 5.41) is 3.69. The molecule has 1 aromatic carbocycles. The van der Waals surface area contributed by atoms with E-state index in [9.17, 15) is 4.79 Å². The van der Waals surface area contributed by atoms with Crippen molar-refractivity contribution in [2.75, 3.05) is 0 Å². The van der Waals surface area contributed by atoms with Crippen molar-refractivity contribution in [1.82, 2.24) is 0 Å². The molecule has 6 heteroatoms. The molecule has 0 aliphatic heterocycles. The predicted octanol–water partition coefficient (Wildman–Crippen LogP) is 3.44. The molecule has 1 fully saturated rings. The number of benzene rings is 1. The molecular formula is C15H16Cl2N2O2. The van der Waals surface area contributed by atoms with Gasteiger partial charge in [0.25, 0.3) is 0 Å². The molecule has 0 spiro atoms. The van der Waals surface area contributed by atoms with Gasteiger partial charge in [-0.15, -0.1) is 0 Å². The van der Waals surface area contributed by atoms with Gasteiger partial charge < -0.3 is 10.6 Å². The molecule has 2 atom stereocenters. The number of carbonyl (C=O) groups is 1. The molecule has 112 valence electrons. The highest BCUT2D eigenvalue weighted by Crippen LogP contribution is 2.60. The van der Waals surface area contributed by atoms with Gasteiger partial charge in [0.1, 0.15) is 4.49 Å². The summed E-state index contributed by atoms with van der Waals surface area (Å²) in [6.07, 6.45) is 1.65. The largest absolute Gasteiger partial charge is 0.380 e. The van der Waals surface area contributed by atoms with E-state index in [1.807, 2.05) is 32.0 Å². The zero-order chi connectivity index (χ0) is 15.6. The Hall–Kier alpha value is -1.52. The van der Waals surface area contributed by atoms with Gasteiger partial charge in [0.15, 0.2) is 5.84 Å². The number of allylic oxidation sites excluding steroid dienone is 1. The molecule has 1 aliphatic carbocycles. The van der Waals surface area contributed by atoms with E-state index >= 15 is 0 Å². The topological polar surface area (TPSA) is 64.7 Å². The minimum atomic E-state index is -0.435. The van der Waals surface area contributed by atoms with Crippen LogP contribution in [-0.2, 0) is 9.63 Å². The van der Waals surface area contributed by atoms with Crippen LogP contribution in [0.2, 0.25) is 0 Å². The summed E-state index contributed by atoms with van der Waals surface area (Å²) in [6.45, 7) is 3.89. The number of nitrogens with two attached hydrogens (primary N) is 1. The molecule has 2 rings (SSSR count). The molecule has 0 radical (unpaired) electrons. The molecule has 0 aromatic heterocycles. The second-order valence-electron chi connectivity index (χ2n) is 5.53. The van der Waals surface area contributed by atoms with Crippen molar-refractivity contribution in [2.24, 2.45) is 28.1 Å². The van der Waals surface area contributed by atoms with Crippen LogP contribution in [0.15, 0.2) is 46.1 Å². The van der Waals surface area contributed by atoms with Crippen LogP contribution in [0.4, 0.5) is 0 Å². The second kappa shape index (κ2) is 6.08. The molecule has 1 saturated carbocycles. The van der Waals surface area contributed by atoms with Crippen LogP contribution >= 0.6 is 23.2 Å².